The zero-order chi connectivity index (χ0) is 24.4. The van der Waals surface area contributed by atoms with Gasteiger partial charge < -0.3 is 4.42 Å². The van der Waals surface area contributed by atoms with Gasteiger partial charge >= 0.3 is 0 Å². The van der Waals surface area contributed by atoms with Gasteiger partial charge in [-0.1, -0.05) is 72.8 Å². The van der Waals surface area contributed by atoms with Crippen LogP contribution in [-0.4, -0.2) is 23.3 Å². The summed E-state index contributed by atoms with van der Waals surface area (Å²) in [6, 6.07) is 29.3. The van der Waals surface area contributed by atoms with Gasteiger partial charge in [-0.25, -0.2) is 0 Å². The summed E-state index contributed by atoms with van der Waals surface area (Å²) in [6.07, 6.45) is 2.13. The molecule has 0 bridgehead atoms. The standard InChI is InChI=1S/C30H22N2O3/c1-20-26(29(33)32(30(34)27(20)19-31)17-16-21-8-3-2-4-9-21)18-23-14-15-28(35-23)25-13-7-11-22-10-5-6-12-24(22)25/h2-15,18H,16-17H2,1H3/b26-18+. The van der Waals surface area contributed by atoms with Crippen molar-refractivity contribution >= 4 is 28.7 Å². The van der Waals surface area contributed by atoms with Crippen LogP contribution in [0.3, 0.4) is 0 Å². The van der Waals surface area contributed by atoms with Crippen molar-refractivity contribution in [2.24, 2.45) is 0 Å². The first-order chi connectivity index (χ1) is 17.1. The Balaban J connectivity index is 1.49. The SMILES string of the molecule is CC1=C(C#N)C(=O)N(CCc2ccccc2)C(=O)/C1=C/c1ccc(-c2cccc3ccccc23)o1. The topological polar surface area (TPSA) is 74.3 Å². The van der Waals surface area contributed by atoms with Gasteiger partial charge in [0.05, 0.1) is 0 Å². The Kier molecular flexibility index (Phi) is 5.87. The first kappa shape index (κ1) is 22.1. The quantitative estimate of drug-likeness (QED) is 0.274. The molecule has 170 valence electrons. The van der Waals surface area contributed by atoms with Crippen LogP contribution in [-0.2, 0) is 16.0 Å². The molecule has 3 aromatic carbocycles. The fourth-order valence-electron chi connectivity index (χ4n) is 4.38. The zero-order valence-electron chi connectivity index (χ0n) is 19.2. The van der Waals surface area contributed by atoms with Gasteiger partial charge in [-0.3, -0.25) is 14.5 Å². The maximum atomic E-state index is 13.3. The van der Waals surface area contributed by atoms with E-state index in [-0.39, 0.29) is 17.7 Å². The van der Waals surface area contributed by atoms with E-state index in [1.807, 2.05) is 84.9 Å². The van der Waals surface area contributed by atoms with Crippen molar-refractivity contribution in [1.29, 1.82) is 5.26 Å². The van der Waals surface area contributed by atoms with Gasteiger partial charge in [-0.15, -0.1) is 0 Å². The molecule has 0 fully saturated rings. The first-order valence-electron chi connectivity index (χ1n) is 11.4. The fourth-order valence-corrected chi connectivity index (χ4v) is 4.38. The number of furan rings is 1. The van der Waals surface area contributed by atoms with Gasteiger partial charge in [0.15, 0.2) is 0 Å². The fraction of sp³-hybridized carbons (Fsp3) is 0.100. The number of carbonyl (C=O) groups excluding carboxylic acids is 2. The molecule has 0 saturated carbocycles. The van der Waals surface area contributed by atoms with E-state index in [0.29, 0.717) is 23.5 Å². The summed E-state index contributed by atoms with van der Waals surface area (Å²) in [4.78, 5) is 27.4. The number of nitrogens with zero attached hydrogens (tertiary/aromatic N) is 2. The monoisotopic (exact) mass is 458 g/mol. The minimum absolute atomic E-state index is 0.0234. The predicted molar refractivity (Wildman–Crippen MR) is 135 cm³/mol. The van der Waals surface area contributed by atoms with Gasteiger partial charge in [0.2, 0.25) is 0 Å². The normalized spacial score (nSPS) is 15.2. The Bertz CT molecular complexity index is 1550. The second-order valence-corrected chi connectivity index (χ2v) is 8.40. The third-order valence-corrected chi connectivity index (χ3v) is 6.26. The number of nitriles is 1. The largest absolute Gasteiger partial charge is 0.457 e. The summed E-state index contributed by atoms with van der Waals surface area (Å²) in [5.74, 6) is 0.172. The smallest absolute Gasteiger partial charge is 0.271 e. The molecule has 0 unspecified atom stereocenters. The van der Waals surface area contributed by atoms with Crippen LogP contribution in [0.4, 0.5) is 0 Å². The number of benzene rings is 3. The molecule has 2 amide bonds. The summed E-state index contributed by atoms with van der Waals surface area (Å²) in [7, 11) is 0. The highest BCUT2D eigenvalue weighted by molar-refractivity contribution is 6.19. The molecular formula is C30H22N2O3. The molecule has 0 atom stereocenters. The minimum Gasteiger partial charge on any atom is -0.457 e. The molecule has 4 aromatic rings. The number of imide groups is 1. The van der Waals surface area contributed by atoms with E-state index in [1.165, 1.54) is 0 Å². The van der Waals surface area contributed by atoms with Crippen molar-refractivity contribution in [3.05, 3.63) is 113 Å². The summed E-state index contributed by atoms with van der Waals surface area (Å²) in [5.41, 5.74) is 2.58. The summed E-state index contributed by atoms with van der Waals surface area (Å²) >= 11 is 0. The molecule has 1 aliphatic rings. The highest BCUT2D eigenvalue weighted by atomic mass is 16.3. The van der Waals surface area contributed by atoms with Crippen molar-refractivity contribution in [3.8, 4) is 17.4 Å². The Hall–Kier alpha value is -4.69. The van der Waals surface area contributed by atoms with E-state index >= 15 is 0 Å². The molecule has 0 spiro atoms. The van der Waals surface area contributed by atoms with Gasteiger partial charge in [-0.05, 0) is 53.5 Å². The molecule has 1 aliphatic heterocycles. The molecule has 5 heteroatoms. The molecule has 2 heterocycles. The van der Waals surface area contributed by atoms with Crippen LogP contribution in [0.5, 0.6) is 0 Å². The lowest BCUT2D eigenvalue weighted by Crippen LogP contribution is -2.43. The Morgan fingerprint density at radius 1 is 0.886 bits per heavy atom. The molecule has 5 rings (SSSR count). The van der Waals surface area contributed by atoms with E-state index in [1.54, 1.807) is 19.1 Å². The third kappa shape index (κ3) is 4.18. The predicted octanol–water partition coefficient (Wildman–Crippen LogP) is 5.93. The zero-order valence-corrected chi connectivity index (χ0v) is 19.2. The van der Waals surface area contributed by atoms with Crippen LogP contribution in [0.2, 0.25) is 0 Å². The van der Waals surface area contributed by atoms with Crippen LogP contribution in [0.25, 0.3) is 28.2 Å². The maximum absolute atomic E-state index is 13.3. The maximum Gasteiger partial charge on any atom is 0.271 e. The van der Waals surface area contributed by atoms with Crippen LogP contribution < -0.4 is 0 Å². The Labute approximate surface area is 203 Å². The summed E-state index contributed by atoms with van der Waals surface area (Å²) in [5, 5.41) is 11.8. The number of rotatable bonds is 5. The molecule has 5 nitrogen and oxygen atoms in total. The lowest BCUT2D eigenvalue weighted by molar-refractivity contribution is -0.140. The van der Waals surface area contributed by atoms with Gasteiger partial charge in [-0.2, -0.15) is 5.26 Å². The van der Waals surface area contributed by atoms with Crippen molar-refractivity contribution in [3.63, 3.8) is 0 Å². The summed E-state index contributed by atoms with van der Waals surface area (Å²) in [6.45, 7) is 1.82. The number of hydrogen-bond donors (Lipinski definition) is 0. The van der Waals surface area contributed by atoms with Crippen molar-refractivity contribution < 1.29 is 14.0 Å². The molecule has 0 N–H and O–H groups in total. The molecule has 0 radical (unpaired) electrons. The number of amides is 2. The second kappa shape index (κ2) is 9.28. The van der Waals surface area contributed by atoms with Gasteiger partial charge in [0.25, 0.3) is 11.8 Å². The lowest BCUT2D eigenvalue weighted by Gasteiger charge is -2.27. The third-order valence-electron chi connectivity index (χ3n) is 6.26. The van der Waals surface area contributed by atoms with Gasteiger partial charge in [0.1, 0.15) is 23.2 Å². The minimum atomic E-state index is -0.557. The van der Waals surface area contributed by atoms with Crippen LogP contribution in [0.1, 0.15) is 18.2 Å². The first-order valence-corrected chi connectivity index (χ1v) is 11.4. The van der Waals surface area contributed by atoms with E-state index in [2.05, 4.69) is 0 Å². The van der Waals surface area contributed by atoms with E-state index in [9.17, 15) is 14.9 Å². The number of hydrogen-bond acceptors (Lipinski definition) is 4. The molecular weight excluding hydrogens is 436 g/mol. The molecule has 0 saturated heterocycles. The number of fused-ring (bicyclic) bond motifs is 1. The molecule has 1 aromatic heterocycles. The highest BCUT2D eigenvalue weighted by Crippen LogP contribution is 2.32. The van der Waals surface area contributed by atoms with E-state index < -0.39 is 11.8 Å². The van der Waals surface area contributed by atoms with Crippen LogP contribution in [0, 0.1) is 11.3 Å². The van der Waals surface area contributed by atoms with Crippen molar-refractivity contribution in [2.45, 2.75) is 13.3 Å². The molecule has 35 heavy (non-hydrogen) atoms. The number of carbonyl (C=O) groups is 2. The van der Waals surface area contributed by atoms with Crippen molar-refractivity contribution in [1.82, 2.24) is 4.90 Å². The van der Waals surface area contributed by atoms with Crippen molar-refractivity contribution in [2.75, 3.05) is 6.54 Å². The molecule has 0 aliphatic carbocycles. The van der Waals surface area contributed by atoms with Crippen LogP contribution >= 0.6 is 0 Å². The van der Waals surface area contributed by atoms with E-state index in [0.717, 1.165) is 26.8 Å². The average Bonchev–Trinajstić information content (AvgIpc) is 3.35. The average molecular weight is 459 g/mol. The Morgan fingerprint density at radius 2 is 1.63 bits per heavy atom. The highest BCUT2D eigenvalue weighted by Gasteiger charge is 2.35. The Morgan fingerprint density at radius 3 is 2.43 bits per heavy atom. The van der Waals surface area contributed by atoms with Crippen LogP contribution in [0.15, 0.2) is 106 Å². The van der Waals surface area contributed by atoms with Gasteiger partial charge in [0, 0.05) is 17.7 Å². The lowest BCUT2D eigenvalue weighted by atomic mass is 9.94. The second-order valence-electron chi connectivity index (χ2n) is 8.40. The summed E-state index contributed by atoms with van der Waals surface area (Å²) < 4.78 is 6.10. The van der Waals surface area contributed by atoms with E-state index in [4.69, 9.17) is 4.42 Å².